The average Bonchev–Trinajstić information content (AvgIpc) is 3.30. The molecule has 4 rings (SSSR count). The summed E-state index contributed by atoms with van der Waals surface area (Å²) in [5.41, 5.74) is 3.66. The van der Waals surface area contributed by atoms with Gasteiger partial charge in [-0.25, -0.2) is 4.79 Å². The zero-order chi connectivity index (χ0) is 23.8. The number of esters is 1. The van der Waals surface area contributed by atoms with Crippen molar-refractivity contribution >= 4 is 16.9 Å². The Morgan fingerprint density at radius 1 is 0.912 bits per heavy atom. The first-order chi connectivity index (χ1) is 16.7. The van der Waals surface area contributed by atoms with Crippen LogP contribution in [0.5, 0.6) is 5.75 Å². The van der Waals surface area contributed by atoms with Gasteiger partial charge in [-0.05, 0) is 24.1 Å². The van der Waals surface area contributed by atoms with Crippen LogP contribution in [0.1, 0.15) is 29.7 Å². The van der Waals surface area contributed by atoms with Crippen LogP contribution in [-0.4, -0.2) is 32.4 Å². The number of hydrogen-bond acceptors (Lipinski definition) is 6. The van der Waals surface area contributed by atoms with E-state index in [2.05, 4.69) is 29.0 Å². The first-order valence-corrected chi connectivity index (χ1v) is 11.2. The van der Waals surface area contributed by atoms with Crippen LogP contribution >= 0.6 is 0 Å². The molecule has 0 fully saturated rings. The van der Waals surface area contributed by atoms with Crippen molar-refractivity contribution in [1.82, 2.24) is 0 Å². The Labute approximate surface area is 199 Å². The van der Waals surface area contributed by atoms with E-state index in [1.165, 1.54) is 7.11 Å². The molecule has 0 bridgehead atoms. The lowest BCUT2D eigenvalue weighted by atomic mass is 10.0. The standard InChI is InChI=1S/C28H28O6/c1-20(34-27(21-10-5-3-6-11-21)22-12-7-4-8-13-22)16-31-17-23-18-33-28-24(23)14-9-15-25(28)32-19-26(29)30-2/h3-15,18,20,27H,16-17,19H2,1-2H3/t20-/m0/s1. The lowest BCUT2D eigenvalue weighted by Crippen LogP contribution is -2.20. The number of ether oxygens (including phenoxy) is 4. The maximum absolute atomic E-state index is 11.4. The van der Waals surface area contributed by atoms with Gasteiger partial charge in [0, 0.05) is 10.9 Å². The molecule has 0 amide bonds. The van der Waals surface area contributed by atoms with E-state index in [0.29, 0.717) is 24.5 Å². The molecule has 3 aromatic carbocycles. The Bertz CT molecular complexity index is 1150. The number of carbonyl (C=O) groups excluding carboxylic acids is 1. The van der Waals surface area contributed by atoms with Gasteiger partial charge in [0.25, 0.3) is 0 Å². The summed E-state index contributed by atoms with van der Waals surface area (Å²) in [6.45, 7) is 2.61. The number of fused-ring (bicyclic) bond motifs is 1. The number of carbonyl (C=O) groups is 1. The maximum atomic E-state index is 11.4. The molecule has 0 N–H and O–H groups in total. The summed E-state index contributed by atoms with van der Waals surface area (Å²) in [6.07, 6.45) is 1.34. The smallest absolute Gasteiger partial charge is 0.343 e. The predicted molar refractivity (Wildman–Crippen MR) is 129 cm³/mol. The first kappa shape index (κ1) is 23.5. The highest BCUT2D eigenvalue weighted by Gasteiger charge is 2.18. The molecule has 1 aromatic heterocycles. The molecule has 1 atom stereocenters. The number of benzene rings is 3. The molecule has 4 aromatic rings. The highest BCUT2D eigenvalue weighted by atomic mass is 16.6. The summed E-state index contributed by atoms with van der Waals surface area (Å²) in [5.74, 6) is 0.0322. The number of para-hydroxylation sites is 1. The summed E-state index contributed by atoms with van der Waals surface area (Å²) < 4.78 is 28.2. The highest BCUT2D eigenvalue weighted by Crippen LogP contribution is 2.31. The van der Waals surface area contributed by atoms with Gasteiger partial charge in [-0.2, -0.15) is 0 Å². The molecule has 0 radical (unpaired) electrons. The average molecular weight is 461 g/mol. The molecule has 0 unspecified atom stereocenters. The second-order valence-corrected chi connectivity index (χ2v) is 7.92. The molecular weight excluding hydrogens is 432 g/mol. The molecule has 176 valence electrons. The molecule has 0 saturated heterocycles. The number of furan rings is 1. The van der Waals surface area contributed by atoms with Crippen LogP contribution in [0.25, 0.3) is 11.0 Å². The summed E-state index contributed by atoms with van der Waals surface area (Å²) in [6, 6.07) is 25.9. The Hall–Kier alpha value is -3.61. The molecule has 34 heavy (non-hydrogen) atoms. The summed E-state index contributed by atoms with van der Waals surface area (Å²) in [4.78, 5) is 11.4. The molecular formula is C28H28O6. The van der Waals surface area contributed by atoms with Gasteiger partial charge in [0.2, 0.25) is 0 Å². The molecule has 0 aliphatic carbocycles. The zero-order valence-corrected chi connectivity index (χ0v) is 19.3. The van der Waals surface area contributed by atoms with Gasteiger partial charge in [-0.1, -0.05) is 72.8 Å². The fraction of sp³-hybridized carbons (Fsp3) is 0.250. The highest BCUT2D eigenvalue weighted by molar-refractivity contribution is 5.86. The van der Waals surface area contributed by atoms with Gasteiger partial charge in [0.1, 0.15) is 6.10 Å². The van der Waals surface area contributed by atoms with Crippen molar-refractivity contribution in [3.8, 4) is 5.75 Å². The second kappa shape index (κ2) is 11.5. The van der Waals surface area contributed by atoms with Crippen LogP contribution < -0.4 is 4.74 Å². The SMILES string of the molecule is COC(=O)COc1cccc2c(COC[C@H](C)OC(c3ccccc3)c3ccccc3)coc12. The van der Waals surface area contributed by atoms with Crippen LogP contribution in [0.2, 0.25) is 0 Å². The Morgan fingerprint density at radius 3 is 2.24 bits per heavy atom. The molecule has 0 spiro atoms. The van der Waals surface area contributed by atoms with Crippen molar-refractivity contribution < 1.29 is 28.2 Å². The normalized spacial score (nSPS) is 12.1. The van der Waals surface area contributed by atoms with E-state index in [4.69, 9.17) is 18.6 Å². The molecule has 0 aliphatic rings. The van der Waals surface area contributed by atoms with Crippen molar-refractivity contribution in [2.45, 2.75) is 25.7 Å². The molecule has 6 nitrogen and oxygen atoms in total. The lowest BCUT2D eigenvalue weighted by molar-refractivity contribution is -0.142. The number of methoxy groups -OCH3 is 1. The predicted octanol–water partition coefficient (Wildman–Crippen LogP) is 5.70. The van der Waals surface area contributed by atoms with Gasteiger partial charge in [0.05, 0.1) is 32.7 Å². The Balaban J connectivity index is 1.38. The molecule has 6 heteroatoms. The third-order valence-corrected chi connectivity index (χ3v) is 5.40. The number of hydrogen-bond donors (Lipinski definition) is 0. The third-order valence-electron chi connectivity index (χ3n) is 5.40. The second-order valence-electron chi connectivity index (χ2n) is 7.92. The van der Waals surface area contributed by atoms with Crippen molar-refractivity contribution in [3.05, 3.63) is 102 Å². The van der Waals surface area contributed by atoms with E-state index in [9.17, 15) is 4.79 Å². The van der Waals surface area contributed by atoms with Crippen molar-refractivity contribution in [3.63, 3.8) is 0 Å². The van der Waals surface area contributed by atoms with Gasteiger partial charge in [-0.15, -0.1) is 0 Å². The van der Waals surface area contributed by atoms with Crippen molar-refractivity contribution in [2.24, 2.45) is 0 Å². The molecule has 1 heterocycles. The Kier molecular flexibility index (Phi) is 7.96. The van der Waals surface area contributed by atoms with Crippen molar-refractivity contribution in [2.75, 3.05) is 20.3 Å². The topological polar surface area (TPSA) is 67.1 Å². The van der Waals surface area contributed by atoms with Gasteiger partial charge in [-0.3, -0.25) is 0 Å². The summed E-state index contributed by atoms with van der Waals surface area (Å²) in [5, 5.41) is 0.877. The van der Waals surface area contributed by atoms with E-state index >= 15 is 0 Å². The fourth-order valence-corrected chi connectivity index (χ4v) is 3.72. The van der Waals surface area contributed by atoms with Crippen LogP contribution in [0.3, 0.4) is 0 Å². The summed E-state index contributed by atoms with van der Waals surface area (Å²) >= 11 is 0. The van der Waals surface area contributed by atoms with E-state index in [-0.39, 0.29) is 18.8 Å². The number of rotatable bonds is 11. The van der Waals surface area contributed by atoms with Crippen LogP contribution in [-0.2, 0) is 25.6 Å². The molecule has 0 saturated carbocycles. The minimum Gasteiger partial charge on any atom is -0.478 e. The molecule has 0 aliphatic heterocycles. The monoisotopic (exact) mass is 460 g/mol. The van der Waals surface area contributed by atoms with Crippen molar-refractivity contribution in [1.29, 1.82) is 0 Å². The summed E-state index contributed by atoms with van der Waals surface area (Å²) in [7, 11) is 1.32. The minimum absolute atomic E-state index is 0.137. The van der Waals surface area contributed by atoms with E-state index < -0.39 is 5.97 Å². The van der Waals surface area contributed by atoms with E-state index in [0.717, 1.165) is 22.1 Å². The largest absolute Gasteiger partial charge is 0.478 e. The van der Waals surface area contributed by atoms with E-state index in [1.807, 2.05) is 55.5 Å². The van der Waals surface area contributed by atoms with Crippen LogP contribution in [0.4, 0.5) is 0 Å². The van der Waals surface area contributed by atoms with Crippen LogP contribution in [0.15, 0.2) is 89.5 Å². The minimum atomic E-state index is -0.453. The van der Waals surface area contributed by atoms with Gasteiger partial charge in [0.15, 0.2) is 17.9 Å². The third kappa shape index (κ3) is 5.84. The zero-order valence-electron chi connectivity index (χ0n) is 19.3. The van der Waals surface area contributed by atoms with Gasteiger partial charge < -0.3 is 23.4 Å². The maximum Gasteiger partial charge on any atom is 0.343 e. The first-order valence-electron chi connectivity index (χ1n) is 11.2. The quantitative estimate of drug-likeness (QED) is 0.268. The fourth-order valence-electron chi connectivity index (χ4n) is 3.72. The Morgan fingerprint density at radius 2 is 1.59 bits per heavy atom. The van der Waals surface area contributed by atoms with Crippen LogP contribution in [0, 0.1) is 0 Å². The van der Waals surface area contributed by atoms with E-state index in [1.54, 1.807) is 12.3 Å². The lowest BCUT2D eigenvalue weighted by Gasteiger charge is -2.23. The van der Waals surface area contributed by atoms with Gasteiger partial charge >= 0.3 is 5.97 Å².